The number of guanidine groups is 1. The van der Waals surface area contributed by atoms with Gasteiger partial charge in [-0.3, -0.25) is 4.99 Å². The van der Waals surface area contributed by atoms with Gasteiger partial charge in [-0.05, 0) is 39.2 Å². The Labute approximate surface area is 134 Å². The number of rotatable bonds is 3. The van der Waals surface area contributed by atoms with Crippen molar-refractivity contribution in [3.05, 3.63) is 35.9 Å². The van der Waals surface area contributed by atoms with Gasteiger partial charge in [-0.25, -0.2) is 0 Å². The summed E-state index contributed by atoms with van der Waals surface area (Å²) in [5.74, 6) is 0.856. The van der Waals surface area contributed by atoms with E-state index in [-0.39, 0.29) is 11.0 Å². The zero-order valence-electron chi connectivity index (χ0n) is 14.3. The van der Waals surface area contributed by atoms with Crippen molar-refractivity contribution < 1.29 is 4.74 Å². The standard InChI is InChI=1S/C18H29N3O/c1-17(2,3)21-16(19-4)20-14-18(10-12-22-13-11-18)15-8-6-5-7-9-15/h5-9H,10-14H2,1-4H3,(H2,19,20,21). The molecule has 0 radical (unpaired) electrons. The van der Waals surface area contributed by atoms with Crippen LogP contribution in [-0.2, 0) is 10.2 Å². The van der Waals surface area contributed by atoms with Crippen molar-refractivity contribution >= 4 is 5.96 Å². The fourth-order valence-corrected chi connectivity index (χ4v) is 2.91. The molecule has 4 heteroatoms. The van der Waals surface area contributed by atoms with E-state index < -0.39 is 0 Å². The van der Waals surface area contributed by atoms with Crippen molar-refractivity contribution in [1.29, 1.82) is 0 Å². The predicted octanol–water partition coefficient (Wildman–Crippen LogP) is 2.70. The molecule has 0 atom stereocenters. The van der Waals surface area contributed by atoms with Gasteiger partial charge < -0.3 is 15.4 Å². The summed E-state index contributed by atoms with van der Waals surface area (Å²) in [4.78, 5) is 4.35. The van der Waals surface area contributed by atoms with E-state index in [9.17, 15) is 0 Å². The van der Waals surface area contributed by atoms with Crippen LogP contribution in [0.15, 0.2) is 35.3 Å². The fourth-order valence-electron chi connectivity index (χ4n) is 2.91. The van der Waals surface area contributed by atoms with Gasteiger partial charge in [0, 0.05) is 37.8 Å². The second-order valence-electron chi connectivity index (χ2n) is 7.06. The maximum atomic E-state index is 5.59. The fraction of sp³-hybridized carbons (Fsp3) is 0.611. The lowest BCUT2D eigenvalue weighted by Crippen LogP contribution is -2.52. The van der Waals surface area contributed by atoms with Crippen molar-refractivity contribution in [3.63, 3.8) is 0 Å². The molecule has 0 aliphatic carbocycles. The molecule has 2 rings (SSSR count). The Bertz CT molecular complexity index is 485. The van der Waals surface area contributed by atoms with Gasteiger partial charge in [0.2, 0.25) is 0 Å². The van der Waals surface area contributed by atoms with Crippen molar-refractivity contribution in [2.75, 3.05) is 26.8 Å². The highest BCUT2D eigenvalue weighted by Crippen LogP contribution is 2.34. The quantitative estimate of drug-likeness (QED) is 0.666. The minimum Gasteiger partial charge on any atom is -0.381 e. The number of ether oxygens (including phenoxy) is 1. The van der Waals surface area contributed by atoms with Gasteiger partial charge in [0.05, 0.1) is 0 Å². The van der Waals surface area contributed by atoms with Crippen LogP contribution >= 0.6 is 0 Å². The molecule has 2 N–H and O–H groups in total. The van der Waals surface area contributed by atoms with Gasteiger partial charge >= 0.3 is 0 Å². The summed E-state index contributed by atoms with van der Waals surface area (Å²) >= 11 is 0. The molecule has 4 nitrogen and oxygen atoms in total. The Hall–Kier alpha value is -1.55. The lowest BCUT2D eigenvalue weighted by atomic mass is 9.74. The van der Waals surface area contributed by atoms with Gasteiger partial charge in [0.15, 0.2) is 5.96 Å². The van der Waals surface area contributed by atoms with Crippen LogP contribution in [0.1, 0.15) is 39.2 Å². The highest BCUT2D eigenvalue weighted by atomic mass is 16.5. The number of nitrogens with zero attached hydrogens (tertiary/aromatic N) is 1. The minimum absolute atomic E-state index is 0.00255. The summed E-state index contributed by atoms with van der Waals surface area (Å²) in [5.41, 5.74) is 1.50. The zero-order chi connectivity index (χ0) is 16.1. The van der Waals surface area contributed by atoms with Gasteiger partial charge in [-0.15, -0.1) is 0 Å². The predicted molar refractivity (Wildman–Crippen MR) is 92.4 cm³/mol. The van der Waals surface area contributed by atoms with Crippen LogP contribution in [0, 0.1) is 0 Å². The van der Waals surface area contributed by atoms with E-state index in [1.54, 1.807) is 0 Å². The summed E-state index contributed by atoms with van der Waals surface area (Å²) in [6.07, 6.45) is 2.08. The van der Waals surface area contributed by atoms with Crippen molar-refractivity contribution in [2.45, 2.75) is 44.6 Å². The number of nitrogens with one attached hydrogen (secondary N) is 2. The molecule has 22 heavy (non-hydrogen) atoms. The maximum absolute atomic E-state index is 5.59. The first kappa shape index (κ1) is 16.8. The smallest absolute Gasteiger partial charge is 0.191 e. The highest BCUT2D eigenvalue weighted by Gasteiger charge is 2.34. The number of benzene rings is 1. The van der Waals surface area contributed by atoms with Crippen LogP contribution in [0.2, 0.25) is 0 Å². The van der Waals surface area contributed by atoms with Crippen LogP contribution in [0.25, 0.3) is 0 Å². The SMILES string of the molecule is CN=C(NCC1(c2ccccc2)CCOCC1)NC(C)(C)C. The molecule has 0 aromatic heterocycles. The first-order valence-corrected chi connectivity index (χ1v) is 8.07. The van der Waals surface area contributed by atoms with Crippen LogP contribution < -0.4 is 10.6 Å². The number of hydrogen-bond donors (Lipinski definition) is 2. The maximum Gasteiger partial charge on any atom is 0.191 e. The molecule has 0 spiro atoms. The lowest BCUT2D eigenvalue weighted by molar-refractivity contribution is 0.0513. The summed E-state index contributed by atoms with van der Waals surface area (Å²) in [6, 6.07) is 10.8. The van der Waals surface area contributed by atoms with Crippen LogP contribution in [-0.4, -0.2) is 38.3 Å². The molecule has 1 saturated heterocycles. The monoisotopic (exact) mass is 303 g/mol. The van der Waals surface area contributed by atoms with E-state index in [1.165, 1.54) is 5.56 Å². The van der Waals surface area contributed by atoms with Crippen LogP contribution in [0.4, 0.5) is 0 Å². The molecule has 1 aromatic carbocycles. The molecule has 1 aliphatic heterocycles. The van der Waals surface area contributed by atoms with Crippen LogP contribution in [0.5, 0.6) is 0 Å². The molecule has 122 valence electrons. The third kappa shape index (κ3) is 4.47. The molecule has 1 aromatic rings. The third-order valence-corrected chi connectivity index (χ3v) is 4.15. The Morgan fingerprint density at radius 3 is 2.36 bits per heavy atom. The van der Waals surface area contributed by atoms with E-state index in [0.717, 1.165) is 38.6 Å². The molecule has 0 saturated carbocycles. The third-order valence-electron chi connectivity index (χ3n) is 4.15. The Balaban J connectivity index is 2.11. The minimum atomic E-state index is -0.00255. The summed E-state index contributed by atoms with van der Waals surface area (Å²) in [5, 5.41) is 6.94. The highest BCUT2D eigenvalue weighted by molar-refractivity contribution is 5.80. The summed E-state index contributed by atoms with van der Waals surface area (Å²) < 4.78 is 5.59. The Kier molecular flexibility index (Phi) is 5.46. The Morgan fingerprint density at radius 2 is 1.82 bits per heavy atom. The molecular weight excluding hydrogens is 274 g/mol. The first-order chi connectivity index (χ1) is 10.5. The molecule has 0 amide bonds. The molecule has 0 bridgehead atoms. The van der Waals surface area contributed by atoms with E-state index in [1.807, 2.05) is 7.05 Å². The molecule has 1 aliphatic rings. The van der Waals surface area contributed by atoms with E-state index in [2.05, 4.69) is 66.7 Å². The molecule has 0 unspecified atom stereocenters. The van der Waals surface area contributed by atoms with Gasteiger partial charge in [0.25, 0.3) is 0 Å². The van der Waals surface area contributed by atoms with Gasteiger partial charge in [-0.1, -0.05) is 30.3 Å². The molecule has 1 heterocycles. The lowest BCUT2D eigenvalue weighted by Gasteiger charge is -2.38. The molecule has 1 fully saturated rings. The number of aliphatic imine (C=N–C) groups is 1. The second kappa shape index (κ2) is 7.14. The largest absolute Gasteiger partial charge is 0.381 e. The van der Waals surface area contributed by atoms with Gasteiger partial charge in [-0.2, -0.15) is 0 Å². The normalized spacial score (nSPS) is 18.8. The summed E-state index contributed by atoms with van der Waals surface area (Å²) in [7, 11) is 1.82. The first-order valence-electron chi connectivity index (χ1n) is 8.07. The van der Waals surface area contributed by atoms with Crippen molar-refractivity contribution in [3.8, 4) is 0 Å². The average molecular weight is 303 g/mol. The topological polar surface area (TPSA) is 45.7 Å². The Morgan fingerprint density at radius 1 is 1.18 bits per heavy atom. The van der Waals surface area contributed by atoms with E-state index in [0.29, 0.717) is 0 Å². The van der Waals surface area contributed by atoms with Gasteiger partial charge in [0.1, 0.15) is 0 Å². The summed E-state index contributed by atoms with van der Waals surface area (Å²) in [6.45, 7) is 8.93. The zero-order valence-corrected chi connectivity index (χ0v) is 14.3. The van der Waals surface area contributed by atoms with Crippen LogP contribution in [0.3, 0.4) is 0 Å². The average Bonchev–Trinajstić information content (AvgIpc) is 2.52. The van der Waals surface area contributed by atoms with Crippen molar-refractivity contribution in [2.24, 2.45) is 4.99 Å². The van der Waals surface area contributed by atoms with E-state index >= 15 is 0 Å². The second-order valence-corrected chi connectivity index (χ2v) is 7.06. The number of hydrogen-bond acceptors (Lipinski definition) is 2. The molecular formula is C18H29N3O. The van der Waals surface area contributed by atoms with E-state index in [4.69, 9.17) is 4.74 Å². The van der Waals surface area contributed by atoms with Crippen molar-refractivity contribution in [1.82, 2.24) is 10.6 Å².